The summed E-state index contributed by atoms with van der Waals surface area (Å²) in [5.74, 6) is -0.359. The molecule has 96 valence electrons. The lowest BCUT2D eigenvalue weighted by atomic mass is 10.5. The maximum atomic E-state index is 11.8. The third-order valence-corrected chi connectivity index (χ3v) is 5.16. The molecule has 1 aromatic rings. The van der Waals surface area contributed by atoms with E-state index in [0.717, 1.165) is 17.1 Å². The number of thioether (sulfide) groups is 1. The molecule has 0 radical (unpaired) electrons. The van der Waals surface area contributed by atoms with Gasteiger partial charge < -0.3 is 5.11 Å². The molecule has 17 heavy (non-hydrogen) atoms. The summed E-state index contributed by atoms with van der Waals surface area (Å²) in [4.78, 5) is 10.5. The van der Waals surface area contributed by atoms with Crippen LogP contribution in [0.15, 0.2) is 16.3 Å². The smallest absolute Gasteiger partial charge is 0.347 e. The predicted molar refractivity (Wildman–Crippen MR) is 69.5 cm³/mol. The van der Waals surface area contributed by atoms with Crippen molar-refractivity contribution in [2.24, 2.45) is 0 Å². The third kappa shape index (κ3) is 3.98. The first kappa shape index (κ1) is 14.5. The minimum atomic E-state index is -3.70. The molecule has 0 saturated heterocycles. The van der Waals surface area contributed by atoms with Crippen LogP contribution in [0.3, 0.4) is 0 Å². The Morgan fingerprint density at radius 2 is 2.29 bits per heavy atom. The Balaban J connectivity index is 2.76. The highest BCUT2D eigenvalue weighted by molar-refractivity contribution is 7.98. The number of nitrogens with one attached hydrogen (secondary N) is 1. The predicted octanol–water partition coefficient (Wildman–Crippen LogP) is 1.48. The van der Waals surface area contributed by atoms with E-state index in [-0.39, 0.29) is 9.77 Å². The Morgan fingerprint density at radius 1 is 1.59 bits per heavy atom. The summed E-state index contributed by atoms with van der Waals surface area (Å²) in [6.07, 6.45) is 2.66. The van der Waals surface area contributed by atoms with Crippen molar-refractivity contribution in [1.82, 2.24) is 4.72 Å². The van der Waals surface area contributed by atoms with Crippen molar-refractivity contribution >= 4 is 39.1 Å². The van der Waals surface area contributed by atoms with E-state index >= 15 is 0 Å². The summed E-state index contributed by atoms with van der Waals surface area (Å²) < 4.78 is 26.0. The van der Waals surface area contributed by atoms with Crippen LogP contribution in [-0.4, -0.2) is 38.0 Å². The van der Waals surface area contributed by atoms with Crippen molar-refractivity contribution in [2.75, 3.05) is 18.6 Å². The molecule has 8 heteroatoms. The molecule has 0 atom stereocenters. The lowest BCUT2D eigenvalue weighted by Crippen LogP contribution is -2.26. The first-order valence-corrected chi connectivity index (χ1v) is 8.54. The van der Waals surface area contributed by atoms with Gasteiger partial charge in [-0.3, -0.25) is 0 Å². The molecule has 1 aromatic heterocycles. The van der Waals surface area contributed by atoms with E-state index in [1.165, 1.54) is 11.4 Å². The van der Waals surface area contributed by atoms with Crippen molar-refractivity contribution < 1.29 is 18.3 Å². The van der Waals surface area contributed by atoms with Crippen LogP contribution in [0.4, 0.5) is 0 Å². The second-order valence-corrected chi connectivity index (χ2v) is 6.80. The number of carboxylic acids is 1. The SMILES string of the molecule is CSCCCNS(=O)(=O)c1ccsc1C(=O)O. The molecule has 0 fully saturated rings. The molecule has 0 aromatic carbocycles. The quantitative estimate of drug-likeness (QED) is 0.744. The largest absolute Gasteiger partial charge is 0.477 e. The fourth-order valence-electron chi connectivity index (χ4n) is 1.17. The molecule has 1 heterocycles. The average Bonchev–Trinajstić information content (AvgIpc) is 2.74. The summed E-state index contributed by atoms with van der Waals surface area (Å²) in [6.45, 7) is 0.318. The van der Waals surface area contributed by atoms with Gasteiger partial charge in [-0.1, -0.05) is 0 Å². The Hall–Kier alpha value is -0.570. The maximum Gasteiger partial charge on any atom is 0.347 e. The highest BCUT2D eigenvalue weighted by Gasteiger charge is 2.22. The van der Waals surface area contributed by atoms with Gasteiger partial charge in [0.1, 0.15) is 9.77 Å². The molecule has 0 unspecified atom stereocenters. The standard InChI is InChI=1S/C9H13NO4S3/c1-15-5-2-4-10-17(13,14)7-3-6-16-8(7)9(11)12/h3,6,10H,2,4-5H2,1H3,(H,11,12). The second-order valence-electron chi connectivity index (χ2n) is 3.16. The van der Waals surface area contributed by atoms with Gasteiger partial charge in [-0.15, -0.1) is 11.3 Å². The molecule has 5 nitrogen and oxygen atoms in total. The van der Waals surface area contributed by atoms with Crippen LogP contribution in [-0.2, 0) is 10.0 Å². The van der Waals surface area contributed by atoms with Gasteiger partial charge >= 0.3 is 5.97 Å². The zero-order chi connectivity index (χ0) is 12.9. The van der Waals surface area contributed by atoms with Crippen molar-refractivity contribution in [2.45, 2.75) is 11.3 Å². The van der Waals surface area contributed by atoms with Crippen LogP contribution >= 0.6 is 23.1 Å². The van der Waals surface area contributed by atoms with Crippen LogP contribution in [0.1, 0.15) is 16.1 Å². The van der Waals surface area contributed by atoms with Gasteiger partial charge in [0.2, 0.25) is 10.0 Å². The molecule has 0 spiro atoms. The lowest BCUT2D eigenvalue weighted by Gasteiger charge is -2.05. The Kier molecular flexibility index (Phi) is 5.44. The third-order valence-electron chi connectivity index (χ3n) is 1.93. The van der Waals surface area contributed by atoms with E-state index in [1.54, 1.807) is 11.8 Å². The van der Waals surface area contributed by atoms with Crippen molar-refractivity contribution in [1.29, 1.82) is 0 Å². The number of carbonyl (C=O) groups is 1. The average molecular weight is 295 g/mol. The first-order chi connectivity index (χ1) is 7.99. The summed E-state index contributed by atoms with van der Waals surface area (Å²) in [5.41, 5.74) is 0. The van der Waals surface area contributed by atoms with Crippen LogP contribution in [0.5, 0.6) is 0 Å². The normalized spacial score (nSPS) is 11.6. The van der Waals surface area contributed by atoms with E-state index in [4.69, 9.17) is 5.11 Å². The monoisotopic (exact) mass is 295 g/mol. The van der Waals surface area contributed by atoms with E-state index < -0.39 is 16.0 Å². The second kappa shape index (κ2) is 6.39. The molecular formula is C9H13NO4S3. The highest BCUT2D eigenvalue weighted by Crippen LogP contribution is 2.21. The zero-order valence-corrected chi connectivity index (χ0v) is 11.6. The Morgan fingerprint density at radius 3 is 2.88 bits per heavy atom. The molecule has 2 N–H and O–H groups in total. The molecule has 0 amide bonds. The molecule has 1 rings (SSSR count). The first-order valence-electron chi connectivity index (χ1n) is 4.78. The van der Waals surface area contributed by atoms with E-state index in [2.05, 4.69) is 4.72 Å². The van der Waals surface area contributed by atoms with Crippen LogP contribution in [0.25, 0.3) is 0 Å². The number of hydrogen-bond acceptors (Lipinski definition) is 5. The van der Waals surface area contributed by atoms with Crippen LogP contribution in [0.2, 0.25) is 0 Å². The van der Waals surface area contributed by atoms with Gasteiger partial charge in [0.15, 0.2) is 0 Å². The fraction of sp³-hybridized carbons (Fsp3) is 0.444. The van der Waals surface area contributed by atoms with E-state index in [9.17, 15) is 13.2 Å². The molecule has 0 aliphatic rings. The van der Waals surface area contributed by atoms with Gasteiger partial charge in [-0.05, 0) is 29.9 Å². The van der Waals surface area contributed by atoms with Gasteiger partial charge in [-0.2, -0.15) is 11.8 Å². The molecule has 0 aliphatic carbocycles. The molecule has 0 bridgehead atoms. The number of rotatable bonds is 7. The van der Waals surface area contributed by atoms with E-state index in [1.807, 2.05) is 6.26 Å². The van der Waals surface area contributed by atoms with E-state index in [0.29, 0.717) is 13.0 Å². The lowest BCUT2D eigenvalue weighted by molar-refractivity contribution is 0.0698. The molecule has 0 saturated carbocycles. The highest BCUT2D eigenvalue weighted by atomic mass is 32.2. The fourth-order valence-corrected chi connectivity index (χ4v) is 3.93. The number of aromatic carboxylic acids is 1. The van der Waals surface area contributed by atoms with Crippen LogP contribution in [0, 0.1) is 0 Å². The summed E-state index contributed by atoms with van der Waals surface area (Å²) in [7, 11) is -3.70. The summed E-state index contributed by atoms with van der Waals surface area (Å²) in [6, 6.07) is 1.31. The van der Waals surface area contributed by atoms with Crippen LogP contribution < -0.4 is 4.72 Å². The number of hydrogen-bond donors (Lipinski definition) is 2. The molecular weight excluding hydrogens is 282 g/mol. The Bertz CT molecular complexity index is 480. The minimum Gasteiger partial charge on any atom is -0.477 e. The topological polar surface area (TPSA) is 83.5 Å². The number of sulfonamides is 1. The van der Waals surface area contributed by atoms with Crippen molar-refractivity contribution in [3.63, 3.8) is 0 Å². The molecule has 0 aliphatic heterocycles. The summed E-state index contributed by atoms with van der Waals surface area (Å²) >= 11 is 2.54. The van der Waals surface area contributed by atoms with Crippen molar-refractivity contribution in [3.05, 3.63) is 16.3 Å². The maximum absolute atomic E-state index is 11.8. The van der Waals surface area contributed by atoms with Gasteiger partial charge in [-0.25, -0.2) is 17.9 Å². The van der Waals surface area contributed by atoms with Crippen molar-refractivity contribution in [3.8, 4) is 0 Å². The Labute approximate surface area is 108 Å². The number of carboxylic acid groups (broad SMARTS) is 1. The van der Waals surface area contributed by atoms with Gasteiger partial charge in [0.05, 0.1) is 0 Å². The summed E-state index contributed by atoms with van der Waals surface area (Å²) in [5, 5.41) is 10.3. The van der Waals surface area contributed by atoms with Gasteiger partial charge in [0.25, 0.3) is 0 Å². The zero-order valence-electron chi connectivity index (χ0n) is 9.17. The number of thiophene rings is 1. The van der Waals surface area contributed by atoms with Gasteiger partial charge in [0, 0.05) is 6.54 Å². The minimum absolute atomic E-state index is 0.151.